The lowest BCUT2D eigenvalue weighted by atomic mass is 10.2. The number of anilines is 1. The highest BCUT2D eigenvalue weighted by atomic mass is 19.4. The second-order valence-electron chi connectivity index (χ2n) is 4.33. The fourth-order valence-corrected chi connectivity index (χ4v) is 1.61. The van der Waals surface area contributed by atoms with Crippen molar-refractivity contribution in [2.45, 2.75) is 20.0 Å². The van der Waals surface area contributed by atoms with Crippen LogP contribution >= 0.6 is 0 Å². The Labute approximate surface area is 118 Å². The number of carbonyl (C=O) groups excluding carboxylic acids is 1. The second kappa shape index (κ2) is 5.47. The van der Waals surface area contributed by atoms with Gasteiger partial charge in [0.25, 0.3) is 5.91 Å². The first-order valence-electron chi connectivity index (χ1n) is 5.92. The number of hydrogen-bond donors (Lipinski definition) is 1. The Bertz CT molecular complexity index is 685. The summed E-state index contributed by atoms with van der Waals surface area (Å²) >= 11 is 0. The van der Waals surface area contributed by atoms with Gasteiger partial charge in [0.2, 0.25) is 0 Å². The molecule has 0 atom stereocenters. The number of rotatable bonds is 2. The molecule has 2 rings (SSSR count). The molecule has 0 saturated heterocycles. The Kier molecular flexibility index (Phi) is 3.88. The van der Waals surface area contributed by atoms with Gasteiger partial charge in [-0.1, -0.05) is 0 Å². The summed E-state index contributed by atoms with van der Waals surface area (Å²) in [6.07, 6.45) is -1.68. The highest BCUT2D eigenvalue weighted by Crippen LogP contribution is 2.28. The number of carbonyl (C=O) groups is 1. The van der Waals surface area contributed by atoms with Crippen molar-refractivity contribution in [2.24, 2.45) is 0 Å². The van der Waals surface area contributed by atoms with Crippen LogP contribution in [0.1, 0.15) is 27.6 Å². The van der Waals surface area contributed by atoms with Gasteiger partial charge < -0.3 is 5.32 Å². The normalized spacial score (nSPS) is 11.3. The van der Waals surface area contributed by atoms with E-state index >= 15 is 0 Å². The number of halogens is 3. The van der Waals surface area contributed by atoms with Gasteiger partial charge in [-0.2, -0.15) is 13.2 Å². The number of aromatic nitrogens is 3. The van der Waals surface area contributed by atoms with Crippen LogP contribution in [0, 0.1) is 13.8 Å². The monoisotopic (exact) mass is 296 g/mol. The zero-order valence-electron chi connectivity index (χ0n) is 11.2. The average Bonchev–Trinajstić information content (AvgIpc) is 2.39. The minimum absolute atomic E-state index is 0.127. The highest BCUT2D eigenvalue weighted by Gasteiger charge is 2.34. The molecule has 5 nitrogen and oxygen atoms in total. The van der Waals surface area contributed by atoms with Crippen molar-refractivity contribution in [3.8, 4) is 0 Å². The summed E-state index contributed by atoms with van der Waals surface area (Å²) in [5, 5.41) is 2.47. The number of amides is 1. The summed E-state index contributed by atoms with van der Waals surface area (Å²) in [5.41, 5.74) is -0.353. The number of nitrogens with zero attached hydrogens (tertiary/aromatic N) is 3. The molecule has 1 N–H and O–H groups in total. The van der Waals surface area contributed by atoms with E-state index in [1.165, 1.54) is 13.1 Å². The van der Waals surface area contributed by atoms with Crippen molar-refractivity contribution in [3.63, 3.8) is 0 Å². The van der Waals surface area contributed by atoms with E-state index in [9.17, 15) is 18.0 Å². The standard InChI is InChI=1S/C13H11F3N4O/c1-7-3-4-17-6-10(7)20-12(21)9-5-11(13(14,15)16)19-8(2)18-9/h3-6H,1-2H3,(H,20,21). The smallest absolute Gasteiger partial charge is 0.319 e. The van der Waals surface area contributed by atoms with Crippen molar-refractivity contribution < 1.29 is 18.0 Å². The highest BCUT2D eigenvalue weighted by molar-refractivity contribution is 6.03. The second-order valence-corrected chi connectivity index (χ2v) is 4.33. The molecule has 0 aliphatic carbocycles. The zero-order chi connectivity index (χ0) is 15.6. The Hall–Kier alpha value is -2.51. The fraction of sp³-hybridized carbons (Fsp3) is 0.231. The number of aryl methyl sites for hydroxylation is 2. The van der Waals surface area contributed by atoms with Crippen LogP contribution in [0.3, 0.4) is 0 Å². The van der Waals surface area contributed by atoms with Crippen LogP contribution in [-0.2, 0) is 6.18 Å². The van der Waals surface area contributed by atoms with Crippen LogP contribution < -0.4 is 5.32 Å². The predicted molar refractivity (Wildman–Crippen MR) is 68.7 cm³/mol. The summed E-state index contributed by atoms with van der Waals surface area (Å²) in [7, 11) is 0. The van der Waals surface area contributed by atoms with Crippen LogP contribution in [0.2, 0.25) is 0 Å². The van der Waals surface area contributed by atoms with Gasteiger partial charge in [-0.3, -0.25) is 9.78 Å². The van der Waals surface area contributed by atoms with Gasteiger partial charge in [0.15, 0.2) is 0 Å². The van der Waals surface area contributed by atoms with Crippen LogP contribution in [0.15, 0.2) is 24.5 Å². The van der Waals surface area contributed by atoms with Crippen molar-refractivity contribution >= 4 is 11.6 Å². The molecule has 0 radical (unpaired) electrons. The Morgan fingerprint density at radius 3 is 2.57 bits per heavy atom. The summed E-state index contributed by atoms with van der Waals surface area (Å²) in [5.74, 6) is -0.875. The largest absolute Gasteiger partial charge is 0.433 e. The van der Waals surface area contributed by atoms with E-state index in [0.717, 1.165) is 5.56 Å². The van der Waals surface area contributed by atoms with Crippen LogP contribution in [0.5, 0.6) is 0 Å². The molecule has 0 spiro atoms. The number of hydrogen-bond acceptors (Lipinski definition) is 4. The SMILES string of the molecule is Cc1nc(C(=O)Nc2cnccc2C)cc(C(F)(F)F)n1. The Morgan fingerprint density at radius 1 is 1.24 bits per heavy atom. The molecule has 0 bridgehead atoms. The molecule has 2 aromatic heterocycles. The molecule has 0 saturated carbocycles. The Balaban J connectivity index is 2.32. The van der Waals surface area contributed by atoms with Crippen LogP contribution in [0.25, 0.3) is 0 Å². The zero-order valence-corrected chi connectivity index (χ0v) is 11.2. The van der Waals surface area contributed by atoms with Gasteiger partial charge in [0, 0.05) is 12.3 Å². The maximum absolute atomic E-state index is 12.7. The molecule has 1 amide bonds. The lowest BCUT2D eigenvalue weighted by Crippen LogP contribution is -2.18. The lowest BCUT2D eigenvalue weighted by Gasteiger charge is -2.10. The molecule has 0 aliphatic heterocycles. The lowest BCUT2D eigenvalue weighted by molar-refractivity contribution is -0.141. The van der Waals surface area contributed by atoms with Crippen LogP contribution in [-0.4, -0.2) is 20.9 Å². The number of alkyl halides is 3. The van der Waals surface area contributed by atoms with Crippen molar-refractivity contribution in [2.75, 3.05) is 5.32 Å². The van der Waals surface area contributed by atoms with E-state index in [0.29, 0.717) is 11.8 Å². The van der Waals surface area contributed by atoms with Gasteiger partial charge in [-0.15, -0.1) is 0 Å². The predicted octanol–water partition coefficient (Wildman–Crippen LogP) is 2.76. The number of nitrogens with one attached hydrogen (secondary N) is 1. The Morgan fingerprint density at radius 2 is 1.95 bits per heavy atom. The van der Waals surface area contributed by atoms with Gasteiger partial charge >= 0.3 is 6.18 Å². The molecule has 21 heavy (non-hydrogen) atoms. The number of pyridine rings is 1. The summed E-state index contributed by atoms with van der Waals surface area (Å²) in [6.45, 7) is 3.03. The van der Waals surface area contributed by atoms with E-state index in [4.69, 9.17) is 0 Å². The first-order chi connectivity index (χ1) is 9.77. The van der Waals surface area contributed by atoms with E-state index in [2.05, 4.69) is 20.3 Å². The van der Waals surface area contributed by atoms with E-state index < -0.39 is 17.8 Å². The molecule has 0 unspecified atom stereocenters. The molecule has 0 fully saturated rings. The van der Waals surface area contributed by atoms with E-state index in [-0.39, 0.29) is 11.5 Å². The minimum atomic E-state index is -4.63. The van der Waals surface area contributed by atoms with Gasteiger partial charge in [0.1, 0.15) is 17.2 Å². The third-order valence-electron chi connectivity index (χ3n) is 2.65. The van der Waals surface area contributed by atoms with E-state index in [1.54, 1.807) is 19.2 Å². The quantitative estimate of drug-likeness (QED) is 0.925. The molecule has 0 aromatic carbocycles. The summed E-state index contributed by atoms with van der Waals surface area (Å²) < 4.78 is 38.0. The molecular formula is C13H11F3N4O. The maximum atomic E-state index is 12.7. The average molecular weight is 296 g/mol. The molecule has 2 heterocycles. The first-order valence-corrected chi connectivity index (χ1v) is 5.92. The summed E-state index contributed by atoms with van der Waals surface area (Å²) in [4.78, 5) is 22.9. The molecular weight excluding hydrogens is 285 g/mol. The minimum Gasteiger partial charge on any atom is -0.319 e. The van der Waals surface area contributed by atoms with Gasteiger partial charge in [-0.05, 0) is 25.5 Å². The van der Waals surface area contributed by atoms with Gasteiger partial charge in [0.05, 0.1) is 11.9 Å². The topological polar surface area (TPSA) is 67.8 Å². The third kappa shape index (κ3) is 3.53. The molecule has 8 heteroatoms. The van der Waals surface area contributed by atoms with Crippen LogP contribution in [0.4, 0.5) is 18.9 Å². The molecule has 2 aromatic rings. The third-order valence-corrected chi connectivity index (χ3v) is 2.65. The first kappa shape index (κ1) is 14.9. The molecule has 110 valence electrons. The maximum Gasteiger partial charge on any atom is 0.433 e. The van der Waals surface area contributed by atoms with Crippen molar-refractivity contribution in [1.82, 2.24) is 15.0 Å². The van der Waals surface area contributed by atoms with Crippen molar-refractivity contribution in [3.05, 3.63) is 47.3 Å². The van der Waals surface area contributed by atoms with Gasteiger partial charge in [-0.25, -0.2) is 9.97 Å². The molecule has 0 aliphatic rings. The summed E-state index contributed by atoms with van der Waals surface area (Å²) in [6, 6.07) is 2.29. The van der Waals surface area contributed by atoms with E-state index in [1.807, 2.05) is 0 Å². The fourth-order valence-electron chi connectivity index (χ4n) is 1.61. The van der Waals surface area contributed by atoms with Crippen molar-refractivity contribution in [1.29, 1.82) is 0 Å².